The van der Waals surface area contributed by atoms with Crippen LogP contribution in [0.25, 0.3) is 0 Å². The molecule has 17 heavy (non-hydrogen) atoms. The van der Waals surface area contributed by atoms with E-state index in [0.29, 0.717) is 0 Å². The Kier molecular flexibility index (Phi) is 9.04. The first-order valence-electron chi connectivity index (χ1n) is 5.30. The lowest BCUT2D eigenvalue weighted by atomic mass is 10.3. The number of rotatable bonds is 3. The highest BCUT2D eigenvalue weighted by Crippen LogP contribution is 1.98. The molecule has 90 valence electrons. The lowest BCUT2D eigenvalue weighted by Gasteiger charge is -1.85. The van der Waals surface area contributed by atoms with Crippen molar-refractivity contribution in [3.63, 3.8) is 0 Å². The maximum absolute atomic E-state index is 5.36. The molecule has 3 nitrogen and oxygen atoms in total. The smallest absolute Gasteiger partial charge is 0.0809 e. The van der Waals surface area contributed by atoms with E-state index in [9.17, 15) is 0 Å². The van der Waals surface area contributed by atoms with E-state index in [1.165, 1.54) is 0 Å². The Morgan fingerprint density at radius 3 is 2.29 bits per heavy atom. The summed E-state index contributed by atoms with van der Waals surface area (Å²) >= 11 is 0. The van der Waals surface area contributed by atoms with Gasteiger partial charge in [0, 0.05) is 12.7 Å². The summed E-state index contributed by atoms with van der Waals surface area (Å²) in [5, 5.41) is 7.46. The number of nitrogen functional groups attached to an aromatic ring is 1. The van der Waals surface area contributed by atoms with Crippen LogP contribution >= 0.6 is 0 Å². The third-order valence-corrected chi connectivity index (χ3v) is 1.71. The van der Waals surface area contributed by atoms with E-state index in [1.54, 1.807) is 13.1 Å². The third-order valence-electron chi connectivity index (χ3n) is 1.71. The second kappa shape index (κ2) is 10.4. The zero-order valence-corrected chi connectivity index (χ0v) is 10.4. The van der Waals surface area contributed by atoms with Gasteiger partial charge in [0.25, 0.3) is 0 Å². The van der Waals surface area contributed by atoms with Crippen LogP contribution in [0.4, 0.5) is 5.69 Å². The van der Waals surface area contributed by atoms with Gasteiger partial charge in [-0.1, -0.05) is 43.0 Å². The molecule has 0 saturated carbocycles. The highest BCUT2D eigenvalue weighted by molar-refractivity contribution is 5.35. The fourth-order valence-corrected chi connectivity index (χ4v) is 0.922. The highest BCUT2D eigenvalue weighted by atomic mass is 15.1. The van der Waals surface area contributed by atoms with Crippen LogP contribution < -0.4 is 5.73 Å². The third kappa shape index (κ3) is 8.81. The van der Waals surface area contributed by atoms with Gasteiger partial charge in [-0.25, -0.2) is 0 Å². The molecule has 3 heteroatoms. The Labute approximate surface area is 103 Å². The van der Waals surface area contributed by atoms with Gasteiger partial charge in [0.1, 0.15) is 0 Å². The summed E-state index contributed by atoms with van der Waals surface area (Å²) in [4.78, 5) is 0. The molecule has 0 spiro atoms. The summed E-state index contributed by atoms with van der Waals surface area (Å²) in [7, 11) is 1.64. The molecule has 0 saturated heterocycles. The number of hydrogen-bond donors (Lipinski definition) is 1. The van der Waals surface area contributed by atoms with Gasteiger partial charge in [0.15, 0.2) is 0 Å². The quantitative estimate of drug-likeness (QED) is 0.475. The molecular weight excluding hydrogens is 210 g/mol. The minimum absolute atomic E-state index is 0.822. The molecule has 0 unspecified atom stereocenters. The molecular formula is C14H19N3. The van der Waals surface area contributed by atoms with Crippen molar-refractivity contribution >= 4 is 5.69 Å². The van der Waals surface area contributed by atoms with Gasteiger partial charge in [-0.15, -0.1) is 0 Å². The topological polar surface area (TPSA) is 50.7 Å². The number of para-hydroxylation sites is 1. The molecule has 0 heterocycles. The van der Waals surface area contributed by atoms with Crippen LogP contribution in [-0.4, -0.2) is 7.05 Å². The van der Waals surface area contributed by atoms with Gasteiger partial charge >= 0.3 is 0 Å². The average molecular weight is 229 g/mol. The van der Waals surface area contributed by atoms with Gasteiger partial charge in [-0.3, -0.25) is 0 Å². The van der Waals surface area contributed by atoms with Crippen molar-refractivity contribution in [3.8, 4) is 0 Å². The molecule has 0 amide bonds. The van der Waals surface area contributed by atoms with Crippen molar-refractivity contribution < 1.29 is 0 Å². The number of azo groups is 1. The van der Waals surface area contributed by atoms with Gasteiger partial charge in [-0.2, -0.15) is 10.2 Å². The molecule has 0 aliphatic heterocycles. The highest BCUT2D eigenvalue weighted by Gasteiger charge is 1.80. The first-order valence-corrected chi connectivity index (χ1v) is 5.30. The van der Waals surface area contributed by atoms with Crippen LogP contribution in [0.5, 0.6) is 0 Å². The van der Waals surface area contributed by atoms with Gasteiger partial charge in [0.05, 0.1) is 5.70 Å². The Bertz CT molecular complexity index is 389. The van der Waals surface area contributed by atoms with Crippen molar-refractivity contribution in [1.82, 2.24) is 0 Å². The minimum atomic E-state index is 0.822. The number of nitrogens with two attached hydrogens (primary N) is 1. The molecule has 0 aliphatic rings. The van der Waals surface area contributed by atoms with Crippen LogP contribution in [0.2, 0.25) is 0 Å². The van der Waals surface area contributed by atoms with Crippen molar-refractivity contribution in [2.75, 3.05) is 12.8 Å². The van der Waals surface area contributed by atoms with Crippen LogP contribution in [-0.2, 0) is 0 Å². The van der Waals surface area contributed by atoms with Crippen LogP contribution in [0, 0.1) is 0 Å². The second-order valence-corrected chi connectivity index (χ2v) is 3.02. The zero-order valence-electron chi connectivity index (χ0n) is 10.4. The monoisotopic (exact) mass is 229 g/mol. The predicted molar refractivity (Wildman–Crippen MR) is 74.7 cm³/mol. The van der Waals surface area contributed by atoms with E-state index in [0.717, 1.165) is 11.4 Å². The standard InChI is InChI=1S/C8H12N2.C6H7N/c1-4-6-7-8(5-2)10-9-3;7-6-4-2-1-3-5-6/h4-7H,1H2,2-3H3;1-5H,7H2/b7-6-,8-5+,10-9?;. The van der Waals surface area contributed by atoms with Crippen LogP contribution in [0.15, 0.2) is 77.1 Å². The Morgan fingerprint density at radius 2 is 1.94 bits per heavy atom. The summed E-state index contributed by atoms with van der Waals surface area (Å²) in [6, 6.07) is 9.49. The fraction of sp³-hybridized carbons (Fsp3) is 0.143. The molecule has 0 atom stereocenters. The lowest BCUT2D eigenvalue weighted by Crippen LogP contribution is -1.79. The molecule has 0 bridgehead atoms. The molecule has 2 N–H and O–H groups in total. The van der Waals surface area contributed by atoms with Gasteiger partial charge < -0.3 is 5.73 Å². The van der Waals surface area contributed by atoms with Crippen LogP contribution in [0.1, 0.15) is 6.92 Å². The van der Waals surface area contributed by atoms with Gasteiger partial charge in [-0.05, 0) is 25.1 Å². The Morgan fingerprint density at radius 1 is 1.29 bits per heavy atom. The van der Waals surface area contributed by atoms with E-state index in [4.69, 9.17) is 5.73 Å². The van der Waals surface area contributed by atoms with E-state index in [2.05, 4.69) is 16.8 Å². The summed E-state index contributed by atoms with van der Waals surface area (Å²) < 4.78 is 0. The second-order valence-electron chi connectivity index (χ2n) is 3.02. The molecule has 1 rings (SSSR count). The maximum atomic E-state index is 5.36. The lowest BCUT2D eigenvalue weighted by molar-refractivity contribution is 1.11. The Balaban J connectivity index is 0.000000318. The summed E-state index contributed by atoms with van der Waals surface area (Å²) in [6.07, 6.45) is 7.26. The molecule has 0 aliphatic carbocycles. The molecule has 0 fully saturated rings. The molecule has 0 aromatic heterocycles. The van der Waals surface area contributed by atoms with Gasteiger partial charge in [0.2, 0.25) is 0 Å². The number of anilines is 1. The maximum Gasteiger partial charge on any atom is 0.0809 e. The fourth-order valence-electron chi connectivity index (χ4n) is 0.922. The van der Waals surface area contributed by atoms with Crippen molar-refractivity contribution in [2.45, 2.75) is 6.92 Å². The number of allylic oxidation sites excluding steroid dienone is 4. The Hall–Kier alpha value is -2.16. The number of nitrogens with zero attached hydrogens (tertiary/aromatic N) is 2. The van der Waals surface area contributed by atoms with E-state index in [1.807, 2.05) is 55.5 Å². The summed E-state index contributed by atoms with van der Waals surface area (Å²) in [5.74, 6) is 0. The van der Waals surface area contributed by atoms with E-state index >= 15 is 0 Å². The SMILES string of the molecule is C=C/C=C\C(=C/C)N=NC.Nc1ccccc1. The van der Waals surface area contributed by atoms with Crippen molar-refractivity contribution in [2.24, 2.45) is 10.2 Å². The van der Waals surface area contributed by atoms with Crippen molar-refractivity contribution in [3.05, 3.63) is 66.9 Å². The molecule has 1 aromatic carbocycles. The molecule has 0 radical (unpaired) electrons. The van der Waals surface area contributed by atoms with E-state index < -0.39 is 0 Å². The summed E-state index contributed by atoms with van der Waals surface area (Å²) in [5.41, 5.74) is 7.03. The zero-order chi connectivity index (χ0) is 12.9. The normalized spacial score (nSPS) is 11.3. The average Bonchev–Trinajstić information content (AvgIpc) is 2.36. The number of benzene rings is 1. The van der Waals surface area contributed by atoms with Crippen molar-refractivity contribution in [1.29, 1.82) is 0 Å². The number of hydrogen-bond acceptors (Lipinski definition) is 3. The first kappa shape index (κ1) is 14.8. The minimum Gasteiger partial charge on any atom is -0.399 e. The predicted octanol–water partition coefficient (Wildman–Crippen LogP) is 3.98. The summed E-state index contributed by atoms with van der Waals surface area (Å²) in [6.45, 7) is 5.45. The van der Waals surface area contributed by atoms with E-state index in [-0.39, 0.29) is 0 Å². The largest absolute Gasteiger partial charge is 0.399 e. The molecule has 1 aromatic rings. The van der Waals surface area contributed by atoms with Crippen LogP contribution in [0.3, 0.4) is 0 Å². The first-order chi connectivity index (χ1) is 8.24.